The minimum absolute atomic E-state index is 0.646. The molecule has 0 atom stereocenters. The number of para-hydroxylation sites is 1. The molecule has 234 valence electrons. The second-order valence-corrected chi connectivity index (χ2v) is 13.3. The summed E-state index contributed by atoms with van der Waals surface area (Å²) < 4.78 is 4.61. The van der Waals surface area contributed by atoms with Crippen molar-refractivity contribution in [3.8, 4) is 51.0 Å². The second kappa shape index (κ2) is 11.6. The van der Waals surface area contributed by atoms with Crippen LogP contribution in [0.1, 0.15) is 0 Å². The van der Waals surface area contributed by atoms with Gasteiger partial charge in [0.2, 0.25) is 0 Å². The molecule has 0 radical (unpaired) electrons. The molecule has 10 rings (SSSR count). The number of pyridine rings is 1. The van der Waals surface area contributed by atoms with Crippen molar-refractivity contribution in [2.45, 2.75) is 0 Å². The summed E-state index contributed by atoms with van der Waals surface area (Å²) in [7, 11) is 0. The zero-order valence-electron chi connectivity index (χ0n) is 26.7. The lowest BCUT2D eigenvalue weighted by Gasteiger charge is -2.12. The topological polar surface area (TPSA) is 56.5 Å². The summed E-state index contributed by atoms with van der Waals surface area (Å²) in [5.74, 6) is 1.95. The minimum Gasteiger partial charge on any atom is -0.294 e. The van der Waals surface area contributed by atoms with E-state index in [1.54, 1.807) is 11.3 Å². The quantitative estimate of drug-likeness (QED) is 0.185. The highest BCUT2D eigenvalue weighted by Crippen LogP contribution is 2.42. The van der Waals surface area contributed by atoms with Crippen LogP contribution in [0.15, 0.2) is 164 Å². The molecule has 0 N–H and O–H groups in total. The third-order valence-electron chi connectivity index (χ3n) is 9.34. The fourth-order valence-electron chi connectivity index (χ4n) is 7.04. The molecule has 0 fully saturated rings. The zero-order valence-corrected chi connectivity index (χ0v) is 27.5. The predicted octanol–water partition coefficient (Wildman–Crippen LogP) is 11.4. The van der Waals surface area contributed by atoms with Gasteiger partial charge in [0.15, 0.2) is 17.5 Å². The molecule has 0 saturated heterocycles. The van der Waals surface area contributed by atoms with Crippen molar-refractivity contribution < 1.29 is 0 Å². The molecular weight excluding hydrogens is 631 g/mol. The Hall–Kier alpha value is -6.50. The van der Waals surface area contributed by atoms with E-state index in [2.05, 4.69) is 126 Å². The molecule has 0 aliphatic heterocycles. The fraction of sp³-hybridized carbons (Fsp3) is 0. The second-order valence-electron chi connectivity index (χ2n) is 12.3. The highest BCUT2D eigenvalue weighted by Gasteiger charge is 2.19. The first-order valence-corrected chi connectivity index (χ1v) is 17.4. The van der Waals surface area contributed by atoms with Crippen molar-refractivity contribution >= 4 is 53.4 Å². The molecule has 10 aromatic rings. The molecule has 6 heteroatoms. The molecule has 4 heterocycles. The predicted molar refractivity (Wildman–Crippen MR) is 207 cm³/mol. The normalized spacial score (nSPS) is 11.6. The van der Waals surface area contributed by atoms with E-state index in [4.69, 9.17) is 19.9 Å². The zero-order chi connectivity index (χ0) is 33.0. The molecule has 0 amide bonds. The number of aromatic nitrogens is 5. The number of hydrogen-bond acceptors (Lipinski definition) is 5. The number of rotatable bonds is 5. The van der Waals surface area contributed by atoms with Crippen LogP contribution in [0.3, 0.4) is 0 Å². The van der Waals surface area contributed by atoms with Gasteiger partial charge in [-0.2, -0.15) is 0 Å². The van der Waals surface area contributed by atoms with Crippen molar-refractivity contribution in [2.24, 2.45) is 0 Å². The Morgan fingerprint density at radius 3 is 1.92 bits per heavy atom. The Labute approximate surface area is 291 Å². The molecule has 0 aliphatic carbocycles. The Morgan fingerprint density at radius 1 is 0.440 bits per heavy atom. The van der Waals surface area contributed by atoms with Gasteiger partial charge in [-0.25, -0.2) is 19.9 Å². The van der Waals surface area contributed by atoms with Crippen LogP contribution in [-0.4, -0.2) is 24.5 Å². The molecule has 6 aromatic carbocycles. The Morgan fingerprint density at radius 2 is 1.08 bits per heavy atom. The van der Waals surface area contributed by atoms with Crippen molar-refractivity contribution in [2.75, 3.05) is 0 Å². The Balaban J connectivity index is 1.18. The summed E-state index contributed by atoms with van der Waals surface area (Å²) in [6, 6.07) is 54.8. The summed E-state index contributed by atoms with van der Waals surface area (Å²) in [5.41, 5.74) is 8.28. The number of nitrogens with zero attached hydrogens (tertiary/aromatic N) is 5. The SMILES string of the molecule is c1ccc(-c2nc(-c3ccccc3-c3ccccc3)nc(-c3cccc4c3sc3cc(-n5c6ccccc6c6cccnc65)ccc34)n2)cc1. The van der Waals surface area contributed by atoms with Gasteiger partial charge in [-0.05, 0) is 47.5 Å². The largest absolute Gasteiger partial charge is 0.294 e. The molecule has 0 saturated carbocycles. The molecular formula is C44H27N5S. The number of thiophene rings is 1. The van der Waals surface area contributed by atoms with Gasteiger partial charge in [-0.3, -0.25) is 4.57 Å². The maximum Gasteiger partial charge on any atom is 0.165 e. The first kappa shape index (κ1) is 28.5. The summed E-state index contributed by atoms with van der Waals surface area (Å²) in [6.07, 6.45) is 1.87. The maximum atomic E-state index is 5.20. The van der Waals surface area contributed by atoms with Crippen molar-refractivity contribution in [1.82, 2.24) is 24.5 Å². The first-order valence-electron chi connectivity index (χ1n) is 16.6. The standard InChI is InChI=1S/C44H27N5S/c1-3-13-28(14-4-1)31-17-7-8-19-35(31)42-46-41(29-15-5-2-6-16-29)47-43(48-42)37-21-11-20-34-33-25-24-30(27-39(33)50-40(34)37)49-38-23-10-9-18-32(38)36-22-12-26-45-44(36)49/h1-27H. The lowest BCUT2D eigenvalue weighted by atomic mass is 9.99. The summed E-state index contributed by atoms with van der Waals surface area (Å²) in [5, 5.41) is 4.73. The van der Waals surface area contributed by atoms with Gasteiger partial charge >= 0.3 is 0 Å². The number of hydrogen-bond donors (Lipinski definition) is 0. The van der Waals surface area contributed by atoms with E-state index in [9.17, 15) is 0 Å². The monoisotopic (exact) mass is 657 g/mol. The van der Waals surface area contributed by atoms with Crippen LogP contribution < -0.4 is 0 Å². The lowest BCUT2D eigenvalue weighted by Crippen LogP contribution is -2.01. The van der Waals surface area contributed by atoms with Crippen LogP contribution in [0.25, 0.3) is 93.1 Å². The van der Waals surface area contributed by atoms with Gasteiger partial charge in [0.25, 0.3) is 0 Å². The Kier molecular flexibility index (Phi) is 6.60. The van der Waals surface area contributed by atoms with Crippen LogP contribution >= 0.6 is 11.3 Å². The van der Waals surface area contributed by atoms with E-state index in [1.807, 2.05) is 42.6 Å². The van der Waals surface area contributed by atoms with Crippen molar-refractivity contribution in [3.63, 3.8) is 0 Å². The summed E-state index contributed by atoms with van der Waals surface area (Å²) in [6.45, 7) is 0. The summed E-state index contributed by atoms with van der Waals surface area (Å²) >= 11 is 1.77. The molecule has 0 aliphatic rings. The van der Waals surface area contributed by atoms with E-state index in [1.165, 1.54) is 20.9 Å². The van der Waals surface area contributed by atoms with Gasteiger partial charge < -0.3 is 0 Å². The third-order valence-corrected chi connectivity index (χ3v) is 10.5. The van der Waals surface area contributed by atoms with Crippen molar-refractivity contribution in [1.29, 1.82) is 0 Å². The molecule has 50 heavy (non-hydrogen) atoms. The van der Waals surface area contributed by atoms with Gasteiger partial charge in [-0.15, -0.1) is 11.3 Å². The first-order chi connectivity index (χ1) is 24.8. The van der Waals surface area contributed by atoms with Gasteiger partial charge in [0.05, 0.1) is 5.52 Å². The minimum atomic E-state index is 0.646. The van der Waals surface area contributed by atoms with Gasteiger partial charge in [-0.1, -0.05) is 121 Å². The smallest absolute Gasteiger partial charge is 0.165 e. The summed E-state index contributed by atoms with van der Waals surface area (Å²) in [4.78, 5) is 20.2. The van der Waals surface area contributed by atoms with Crippen LogP contribution in [0.5, 0.6) is 0 Å². The highest BCUT2D eigenvalue weighted by molar-refractivity contribution is 7.26. The maximum absolute atomic E-state index is 5.20. The average molecular weight is 658 g/mol. The van der Waals surface area contributed by atoms with Gasteiger partial charge in [0.1, 0.15) is 5.65 Å². The van der Waals surface area contributed by atoms with Crippen LogP contribution in [0.2, 0.25) is 0 Å². The molecule has 0 spiro atoms. The molecule has 0 bridgehead atoms. The average Bonchev–Trinajstić information content (AvgIpc) is 3.74. The van der Waals surface area contributed by atoms with Gasteiger partial charge in [0, 0.05) is 59.5 Å². The molecule has 4 aromatic heterocycles. The Bertz CT molecular complexity index is 2820. The third kappa shape index (κ3) is 4.61. The molecule has 0 unspecified atom stereocenters. The number of fused-ring (bicyclic) bond motifs is 6. The van der Waals surface area contributed by atoms with Crippen molar-refractivity contribution in [3.05, 3.63) is 164 Å². The van der Waals surface area contributed by atoms with E-state index in [0.717, 1.165) is 54.8 Å². The van der Waals surface area contributed by atoms with E-state index >= 15 is 0 Å². The van der Waals surface area contributed by atoms with E-state index in [0.29, 0.717) is 17.5 Å². The fourth-order valence-corrected chi connectivity index (χ4v) is 8.28. The highest BCUT2D eigenvalue weighted by atomic mass is 32.1. The molecule has 5 nitrogen and oxygen atoms in total. The van der Waals surface area contributed by atoms with Crippen LogP contribution in [0.4, 0.5) is 0 Å². The van der Waals surface area contributed by atoms with E-state index in [-0.39, 0.29) is 0 Å². The van der Waals surface area contributed by atoms with Crippen LogP contribution in [0, 0.1) is 0 Å². The van der Waals surface area contributed by atoms with Crippen LogP contribution in [-0.2, 0) is 0 Å². The lowest BCUT2D eigenvalue weighted by molar-refractivity contribution is 1.08. The van der Waals surface area contributed by atoms with E-state index < -0.39 is 0 Å². The number of benzene rings is 6.